The topological polar surface area (TPSA) is 29.5 Å². The van der Waals surface area contributed by atoms with Crippen LogP contribution in [0, 0.1) is 0 Å². The SMILES string of the molecule is CN(C)C(=O)CCOc1cccc2ccccc12. The summed E-state index contributed by atoms with van der Waals surface area (Å²) in [5.74, 6) is 0.912. The van der Waals surface area contributed by atoms with Gasteiger partial charge in [0.2, 0.25) is 5.91 Å². The Balaban J connectivity index is 2.06. The summed E-state index contributed by atoms with van der Waals surface area (Å²) in [6.45, 7) is 0.408. The standard InChI is InChI=1S/C15H17NO2/c1-16(2)15(17)10-11-18-14-9-5-7-12-6-3-4-8-13(12)14/h3-9H,10-11H2,1-2H3. The Morgan fingerprint density at radius 1 is 1.11 bits per heavy atom. The van der Waals surface area contributed by atoms with E-state index in [-0.39, 0.29) is 5.91 Å². The summed E-state index contributed by atoms with van der Waals surface area (Å²) in [6, 6.07) is 14.0. The first kappa shape index (κ1) is 12.4. The highest BCUT2D eigenvalue weighted by Crippen LogP contribution is 2.25. The van der Waals surface area contributed by atoms with Crippen molar-refractivity contribution in [3.63, 3.8) is 0 Å². The summed E-state index contributed by atoms with van der Waals surface area (Å²) in [7, 11) is 3.50. The quantitative estimate of drug-likeness (QED) is 0.826. The summed E-state index contributed by atoms with van der Waals surface area (Å²) in [4.78, 5) is 13.0. The van der Waals surface area contributed by atoms with Gasteiger partial charge in [-0.15, -0.1) is 0 Å². The Morgan fingerprint density at radius 3 is 2.61 bits per heavy atom. The van der Waals surface area contributed by atoms with Gasteiger partial charge in [0.1, 0.15) is 5.75 Å². The van der Waals surface area contributed by atoms with Gasteiger partial charge in [0.15, 0.2) is 0 Å². The lowest BCUT2D eigenvalue weighted by Gasteiger charge is -2.12. The maximum absolute atomic E-state index is 11.4. The summed E-state index contributed by atoms with van der Waals surface area (Å²) in [5, 5.41) is 2.23. The normalized spacial score (nSPS) is 10.3. The van der Waals surface area contributed by atoms with Crippen molar-refractivity contribution in [1.29, 1.82) is 0 Å². The van der Waals surface area contributed by atoms with Gasteiger partial charge in [-0.1, -0.05) is 36.4 Å². The van der Waals surface area contributed by atoms with Gasteiger partial charge in [-0.25, -0.2) is 0 Å². The minimum absolute atomic E-state index is 0.0789. The summed E-state index contributed by atoms with van der Waals surface area (Å²) < 4.78 is 5.69. The monoisotopic (exact) mass is 243 g/mol. The predicted octanol–water partition coefficient (Wildman–Crippen LogP) is 2.70. The Morgan fingerprint density at radius 2 is 1.83 bits per heavy atom. The van der Waals surface area contributed by atoms with E-state index in [9.17, 15) is 4.79 Å². The zero-order valence-electron chi connectivity index (χ0n) is 10.7. The van der Waals surface area contributed by atoms with Gasteiger partial charge >= 0.3 is 0 Å². The van der Waals surface area contributed by atoms with Crippen molar-refractivity contribution in [2.75, 3.05) is 20.7 Å². The van der Waals surface area contributed by atoms with E-state index in [2.05, 4.69) is 0 Å². The van der Waals surface area contributed by atoms with Gasteiger partial charge in [0, 0.05) is 19.5 Å². The van der Waals surface area contributed by atoms with E-state index in [1.807, 2.05) is 42.5 Å². The average molecular weight is 243 g/mol. The van der Waals surface area contributed by atoms with Gasteiger partial charge in [-0.2, -0.15) is 0 Å². The maximum atomic E-state index is 11.4. The minimum atomic E-state index is 0.0789. The fourth-order valence-electron chi connectivity index (χ4n) is 1.79. The van der Waals surface area contributed by atoms with Crippen LogP contribution in [-0.2, 0) is 4.79 Å². The summed E-state index contributed by atoms with van der Waals surface area (Å²) in [5.41, 5.74) is 0. The van der Waals surface area contributed by atoms with Crippen LogP contribution in [0.1, 0.15) is 6.42 Å². The molecular weight excluding hydrogens is 226 g/mol. The molecule has 0 atom stereocenters. The molecule has 18 heavy (non-hydrogen) atoms. The van der Waals surface area contributed by atoms with Gasteiger partial charge in [-0.3, -0.25) is 4.79 Å². The van der Waals surface area contributed by atoms with E-state index in [1.165, 1.54) is 0 Å². The Hall–Kier alpha value is -2.03. The molecule has 0 unspecified atom stereocenters. The molecule has 0 N–H and O–H groups in total. The van der Waals surface area contributed by atoms with Crippen LogP contribution in [0.15, 0.2) is 42.5 Å². The number of hydrogen-bond donors (Lipinski definition) is 0. The highest BCUT2D eigenvalue weighted by molar-refractivity contribution is 5.88. The molecule has 0 fully saturated rings. The van der Waals surface area contributed by atoms with Crippen LogP contribution >= 0.6 is 0 Å². The first-order valence-electron chi connectivity index (χ1n) is 5.99. The molecule has 0 bridgehead atoms. The smallest absolute Gasteiger partial charge is 0.225 e. The molecule has 2 rings (SSSR count). The van der Waals surface area contributed by atoms with Crippen molar-refractivity contribution in [3.05, 3.63) is 42.5 Å². The molecule has 0 saturated heterocycles. The van der Waals surface area contributed by atoms with Crippen LogP contribution in [0.3, 0.4) is 0 Å². The van der Waals surface area contributed by atoms with Crippen LogP contribution < -0.4 is 4.74 Å². The number of hydrogen-bond acceptors (Lipinski definition) is 2. The van der Waals surface area contributed by atoms with Crippen molar-refractivity contribution < 1.29 is 9.53 Å². The van der Waals surface area contributed by atoms with E-state index in [0.29, 0.717) is 13.0 Å². The third kappa shape index (κ3) is 2.80. The van der Waals surface area contributed by atoms with E-state index in [1.54, 1.807) is 19.0 Å². The predicted molar refractivity (Wildman–Crippen MR) is 72.8 cm³/mol. The van der Waals surface area contributed by atoms with Gasteiger partial charge in [0.05, 0.1) is 13.0 Å². The molecule has 0 aliphatic heterocycles. The molecular formula is C15H17NO2. The number of benzene rings is 2. The average Bonchev–Trinajstić information content (AvgIpc) is 2.38. The highest BCUT2D eigenvalue weighted by atomic mass is 16.5. The van der Waals surface area contributed by atoms with Crippen LogP contribution in [0.25, 0.3) is 10.8 Å². The lowest BCUT2D eigenvalue weighted by molar-refractivity contribution is -0.129. The van der Waals surface area contributed by atoms with Crippen molar-refractivity contribution >= 4 is 16.7 Å². The third-order valence-corrected chi connectivity index (χ3v) is 2.82. The van der Waals surface area contributed by atoms with E-state index >= 15 is 0 Å². The molecule has 0 spiro atoms. The Labute approximate surface area is 107 Å². The highest BCUT2D eigenvalue weighted by Gasteiger charge is 2.05. The summed E-state index contributed by atoms with van der Waals surface area (Å²) in [6.07, 6.45) is 0.399. The molecule has 0 aliphatic carbocycles. The molecule has 0 radical (unpaired) electrons. The number of carbonyl (C=O) groups is 1. The second kappa shape index (κ2) is 5.54. The molecule has 2 aromatic rings. The van der Waals surface area contributed by atoms with Crippen molar-refractivity contribution in [3.8, 4) is 5.75 Å². The van der Waals surface area contributed by atoms with Crippen LogP contribution in [0.2, 0.25) is 0 Å². The number of nitrogens with zero attached hydrogens (tertiary/aromatic N) is 1. The largest absolute Gasteiger partial charge is 0.492 e. The fourth-order valence-corrected chi connectivity index (χ4v) is 1.79. The van der Waals surface area contributed by atoms with Gasteiger partial charge in [0.25, 0.3) is 0 Å². The van der Waals surface area contributed by atoms with Crippen molar-refractivity contribution in [1.82, 2.24) is 4.90 Å². The maximum Gasteiger partial charge on any atom is 0.225 e. The van der Waals surface area contributed by atoms with Crippen molar-refractivity contribution in [2.45, 2.75) is 6.42 Å². The second-order valence-corrected chi connectivity index (χ2v) is 4.36. The number of ether oxygens (including phenoxy) is 1. The third-order valence-electron chi connectivity index (χ3n) is 2.82. The molecule has 94 valence electrons. The van der Waals surface area contributed by atoms with E-state index in [4.69, 9.17) is 4.74 Å². The van der Waals surface area contributed by atoms with Crippen LogP contribution in [0.4, 0.5) is 0 Å². The van der Waals surface area contributed by atoms with E-state index < -0.39 is 0 Å². The first-order valence-corrected chi connectivity index (χ1v) is 5.99. The Bertz CT molecular complexity index is 544. The van der Waals surface area contributed by atoms with Crippen molar-refractivity contribution in [2.24, 2.45) is 0 Å². The molecule has 2 aromatic carbocycles. The molecule has 0 saturated carbocycles. The van der Waals surface area contributed by atoms with Gasteiger partial charge in [-0.05, 0) is 11.5 Å². The lowest BCUT2D eigenvalue weighted by Crippen LogP contribution is -2.23. The molecule has 0 heterocycles. The number of rotatable bonds is 4. The molecule has 0 aromatic heterocycles. The Kier molecular flexibility index (Phi) is 3.82. The molecule has 0 aliphatic rings. The van der Waals surface area contributed by atoms with E-state index in [0.717, 1.165) is 16.5 Å². The van der Waals surface area contributed by atoms with Gasteiger partial charge < -0.3 is 9.64 Å². The minimum Gasteiger partial charge on any atom is -0.492 e. The second-order valence-electron chi connectivity index (χ2n) is 4.36. The fraction of sp³-hybridized carbons (Fsp3) is 0.267. The first-order chi connectivity index (χ1) is 8.68. The molecule has 1 amide bonds. The number of carbonyl (C=O) groups excluding carboxylic acids is 1. The summed E-state index contributed by atoms with van der Waals surface area (Å²) >= 11 is 0. The number of fused-ring (bicyclic) bond motifs is 1. The van der Waals surface area contributed by atoms with Crippen LogP contribution in [-0.4, -0.2) is 31.5 Å². The zero-order chi connectivity index (χ0) is 13.0. The molecule has 3 heteroatoms. The molecule has 3 nitrogen and oxygen atoms in total. The lowest BCUT2D eigenvalue weighted by atomic mass is 10.1. The van der Waals surface area contributed by atoms with Crippen LogP contribution in [0.5, 0.6) is 5.75 Å². The number of amides is 1. The zero-order valence-corrected chi connectivity index (χ0v) is 10.7.